The van der Waals surface area contributed by atoms with Crippen molar-refractivity contribution in [2.75, 3.05) is 25.0 Å². The zero-order valence-corrected chi connectivity index (χ0v) is 11.1. The highest BCUT2D eigenvalue weighted by Gasteiger charge is 2.26. The van der Waals surface area contributed by atoms with Gasteiger partial charge in [-0.05, 0) is 19.1 Å². The van der Waals surface area contributed by atoms with Crippen LogP contribution >= 0.6 is 0 Å². The first-order valence-electron chi connectivity index (χ1n) is 6.35. The maximum atomic E-state index is 13.5. The molecule has 3 N–H and O–H groups in total. The van der Waals surface area contributed by atoms with Crippen molar-refractivity contribution in [1.29, 1.82) is 0 Å². The number of hydrogen-bond donors (Lipinski definition) is 2. The Morgan fingerprint density at radius 2 is 2.30 bits per heavy atom. The number of nitrogens with zero attached hydrogens (tertiary/aromatic N) is 1. The highest BCUT2D eigenvalue weighted by Crippen LogP contribution is 2.16. The zero-order chi connectivity index (χ0) is 14.7. The number of urea groups is 1. The van der Waals surface area contributed by atoms with Crippen molar-refractivity contribution in [3.63, 3.8) is 0 Å². The summed E-state index contributed by atoms with van der Waals surface area (Å²) in [6, 6.07) is 2.34. The minimum absolute atomic E-state index is 0.0553. The minimum atomic E-state index is -0.810. The van der Waals surface area contributed by atoms with Crippen LogP contribution in [0.1, 0.15) is 6.92 Å². The van der Waals surface area contributed by atoms with E-state index >= 15 is 0 Å². The van der Waals surface area contributed by atoms with Crippen molar-refractivity contribution in [1.82, 2.24) is 4.90 Å². The summed E-state index contributed by atoms with van der Waals surface area (Å²) in [6.45, 7) is 2.92. The molecule has 0 radical (unpaired) electrons. The van der Waals surface area contributed by atoms with Crippen LogP contribution in [0, 0.1) is 11.6 Å². The van der Waals surface area contributed by atoms with E-state index in [1.54, 1.807) is 6.92 Å². The summed E-state index contributed by atoms with van der Waals surface area (Å²) in [5.41, 5.74) is 5.68. The Morgan fingerprint density at radius 3 is 2.95 bits per heavy atom. The van der Waals surface area contributed by atoms with Crippen LogP contribution in [0.3, 0.4) is 0 Å². The molecule has 1 aliphatic rings. The zero-order valence-electron chi connectivity index (χ0n) is 11.1. The van der Waals surface area contributed by atoms with Crippen LogP contribution in [-0.4, -0.2) is 42.8 Å². The lowest BCUT2D eigenvalue weighted by molar-refractivity contribution is -0.0220. The number of nitrogens with one attached hydrogen (secondary N) is 1. The van der Waals surface area contributed by atoms with Crippen molar-refractivity contribution in [2.24, 2.45) is 5.73 Å². The quantitative estimate of drug-likeness (QED) is 0.866. The highest BCUT2D eigenvalue weighted by atomic mass is 19.1. The first kappa shape index (κ1) is 14.7. The normalized spacial score (nSPS) is 20.6. The third-order valence-corrected chi connectivity index (χ3v) is 3.14. The van der Waals surface area contributed by atoms with Gasteiger partial charge in [-0.1, -0.05) is 0 Å². The molecule has 2 atom stereocenters. The van der Waals surface area contributed by atoms with E-state index in [-0.39, 0.29) is 17.8 Å². The Kier molecular flexibility index (Phi) is 4.51. The number of ether oxygens (including phenoxy) is 1. The average Bonchev–Trinajstić information content (AvgIpc) is 2.42. The average molecular weight is 285 g/mol. The lowest BCUT2D eigenvalue weighted by atomic mass is 10.1. The van der Waals surface area contributed by atoms with Gasteiger partial charge in [-0.2, -0.15) is 0 Å². The Morgan fingerprint density at radius 1 is 1.55 bits per heavy atom. The molecule has 5 nitrogen and oxygen atoms in total. The van der Waals surface area contributed by atoms with Gasteiger partial charge in [0.05, 0.1) is 24.9 Å². The summed E-state index contributed by atoms with van der Waals surface area (Å²) in [6.07, 6.45) is -0.243. The highest BCUT2D eigenvalue weighted by molar-refractivity contribution is 5.89. The molecule has 7 heteroatoms. The molecular formula is C13H17F2N3O2. The van der Waals surface area contributed by atoms with Gasteiger partial charge in [0, 0.05) is 18.7 Å². The number of hydrogen-bond acceptors (Lipinski definition) is 3. The maximum Gasteiger partial charge on any atom is 0.322 e. The molecule has 0 aromatic heterocycles. The smallest absolute Gasteiger partial charge is 0.322 e. The molecule has 2 rings (SSSR count). The van der Waals surface area contributed by atoms with Gasteiger partial charge in [0.1, 0.15) is 11.6 Å². The molecular weight excluding hydrogens is 268 g/mol. The van der Waals surface area contributed by atoms with Crippen LogP contribution in [0.4, 0.5) is 19.3 Å². The molecule has 1 aliphatic heterocycles. The fraction of sp³-hybridized carbons (Fsp3) is 0.462. The molecule has 1 aromatic carbocycles. The first-order chi connectivity index (χ1) is 9.47. The predicted octanol–water partition coefficient (Wildman–Crippen LogP) is 1.54. The molecule has 2 amide bonds. The monoisotopic (exact) mass is 285 g/mol. The van der Waals surface area contributed by atoms with E-state index in [4.69, 9.17) is 10.5 Å². The van der Waals surface area contributed by atoms with Gasteiger partial charge in [0.2, 0.25) is 0 Å². The number of carbonyl (C=O) groups is 1. The molecule has 1 saturated heterocycles. The van der Waals surface area contributed by atoms with Gasteiger partial charge < -0.3 is 20.7 Å². The number of anilines is 1. The van der Waals surface area contributed by atoms with Crippen LogP contribution in [0.2, 0.25) is 0 Å². The van der Waals surface area contributed by atoms with Crippen molar-refractivity contribution in [3.8, 4) is 0 Å². The van der Waals surface area contributed by atoms with E-state index in [0.717, 1.165) is 12.1 Å². The molecule has 1 heterocycles. The number of halogens is 2. The molecule has 0 saturated carbocycles. The van der Waals surface area contributed by atoms with Crippen molar-refractivity contribution >= 4 is 11.7 Å². The molecule has 0 spiro atoms. The lowest BCUT2D eigenvalue weighted by Crippen LogP contribution is -2.52. The second kappa shape index (κ2) is 6.15. The van der Waals surface area contributed by atoms with E-state index in [1.165, 1.54) is 11.0 Å². The Labute approximate surface area is 115 Å². The van der Waals surface area contributed by atoms with Crippen molar-refractivity contribution in [2.45, 2.75) is 19.1 Å². The van der Waals surface area contributed by atoms with Crippen LogP contribution in [-0.2, 0) is 4.74 Å². The lowest BCUT2D eigenvalue weighted by Gasteiger charge is -2.34. The molecule has 1 fully saturated rings. The summed E-state index contributed by atoms with van der Waals surface area (Å²) in [4.78, 5) is 13.5. The third-order valence-electron chi connectivity index (χ3n) is 3.14. The molecule has 110 valence electrons. The van der Waals surface area contributed by atoms with Crippen LogP contribution in [0.15, 0.2) is 18.2 Å². The summed E-state index contributed by atoms with van der Waals surface area (Å²) < 4.78 is 31.7. The van der Waals surface area contributed by atoms with Gasteiger partial charge in [-0.3, -0.25) is 0 Å². The number of rotatable bonds is 2. The summed E-state index contributed by atoms with van der Waals surface area (Å²) in [7, 11) is 0. The number of amides is 2. The largest absolute Gasteiger partial charge is 0.373 e. The minimum Gasteiger partial charge on any atom is -0.373 e. The second-order valence-electron chi connectivity index (χ2n) is 4.77. The first-order valence-corrected chi connectivity index (χ1v) is 6.35. The Bertz CT molecular complexity index is 497. The number of carbonyl (C=O) groups excluding carboxylic acids is 1. The fourth-order valence-corrected chi connectivity index (χ4v) is 1.96. The van der Waals surface area contributed by atoms with E-state index in [1.807, 2.05) is 0 Å². The van der Waals surface area contributed by atoms with Gasteiger partial charge >= 0.3 is 6.03 Å². The van der Waals surface area contributed by atoms with Crippen LogP contribution in [0.25, 0.3) is 0 Å². The number of morpholine rings is 1. The van der Waals surface area contributed by atoms with E-state index in [2.05, 4.69) is 5.32 Å². The van der Waals surface area contributed by atoms with Gasteiger partial charge in [-0.25, -0.2) is 13.6 Å². The number of nitrogens with two attached hydrogens (primary N) is 1. The van der Waals surface area contributed by atoms with E-state index < -0.39 is 17.7 Å². The van der Waals surface area contributed by atoms with Gasteiger partial charge in [0.25, 0.3) is 0 Å². The second-order valence-corrected chi connectivity index (χ2v) is 4.77. The SMILES string of the molecule is CC(N)C1CN(C(=O)Nc2ccc(F)cc2F)CCO1. The summed E-state index contributed by atoms with van der Waals surface area (Å²) in [5, 5.41) is 2.42. The summed E-state index contributed by atoms with van der Waals surface area (Å²) >= 11 is 0. The topological polar surface area (TPSA) is 67.6 Å². The molecule has 1 aromatic rings. The maximum absolute atomic E-state index is 13.5. The number of benzene rings is 1. The van der Waals surface area contributed by atoms with Crippen LogP contribution in [0.5, 0.6) is 0 Å². The third kappa shape index (κ3) is 3.43. The van der Waals surface area contributed by atoms with Crippen molar-refractivity contribution in [3.05, 3.63) is 29.8 Å². The van der Waals surface area contributed by atoms with E-state index in [0.29, 0.717) is 19.7 Å². The van der Waals surface area contributed by atoms with E-state index in [9.17, 15) is 13.6 Å². The van der Waals surface area contributed by atoms with Crippen LogP contribution < -0.4 is 11.1 Å². The molecule has 0 aliphatic carbocycles. The van der Waals surface area contributed by atoms with Gasteiger partial charge in [0.15, 0.2) is 0 Å². The summed E-state index contributed by atoms with van der Waals surface area (Å²) in [5.74, 6) is -1.50. The molecule has 20 heavy (non-hydrogen) atoms. The Balaban J connectivity index is 2.00. The molecule has 2 unspecified atom stereocenters. The molecule has 0 bridgehead atoms. The Hall–Kier alpha value is -1.73. The van der Waals surface area contributed by atoms with Crippen molar-refractivity contribution < 1.29 is 18.3 Å². The predicted molar refractivity (Wildman–Crippen MR) is 70.3 cm³/mol. The fourth-order valence-electron chi connectivity index (χ4n) is 1.96. The standard InChI is InChI=1S/C13H17F2N3O2/c1-8(16)12-7-18(4-5-20-12)13(19)17-11-3-2-9(14)6-10(11)15/h2-3,6,8,12H,4-5,7,16H2,1H3,(H,17,19). The van der Waals surface area contributed by atoms with Gasteiger partial charge in [-0.15, -0.1) is 0 Å².